The van der Waals surface area contributed by atoms with Gasteiger partial charge in [-0.25, -0.2) is 9.59 Å². The second-order valence-electron chi connectivity index (χ2n) is 7.82. The first-order valence-corrected chi connectivity index (χ1v) is 11.5. The lowest BCUT2D eigenvalue weighted by atomic mass is 10.2. The van der Waals surface area contributed by atoms with Gasteiger partial charge in [0.2, 0.25) is 0 Å². The SMILES string of the molecule is C=CC(=O)OCCCCOc1ccc(C(=O)Oc2ccc(C=Nc3ccc(OC)c(C)c3)cc2)cc1. The maximum Gasteiger partial charge on any atom is 0.343 e. The Balaban J connectivity index is 1.45. The Bertz CT molecular complexity index is 1200. The van der Waals surface area contributed by atoms with Crippen LogP contribution in [0.5, 0.6) is 17.2 Å². The summed E-state index contributed by atoms with van der Waals surface area (Å²) in [6, 6.07) is 19.6. The van der Waals surface area contributed by atoms with Crippen LogP contribution in [0.2, 0.25) is 0 Å². The Morgan fingerprint density at radius 2 is 1.61 bits per heavy atom. The highest BCUT2D eigenvalue weighted by Crippen LogP contribution is 2.23. The van der Waals surface area contributed by atoms with E-state index in [4.69, 9.17) is 18.9 Å². The summed E-state index contributed by atoms with van der Waals surface area (Å²) in [7, 11) is 1.64. The average molecular weight is 488 g/mol. The van der Waals surface area contributed by atoms with E-state index in [-0.39, 0.29) is 0 Å². The zero-order chi connectivity index (χ0) is 25.8. The monoisotopic (exact) mass is 487 g/mol. The molecule has 3 rings (SSSR count). The molecule has 7 heteroatoms. The third-order valence-corrected chi connectivity index (χ3v) is 5.14. The Morgan fingerprint density at radius 3 is 2.28 bits per heavy atom. The topological polar surface area (TPSA) is 83.4 Å². The second kappa shape index (κ2) is 13.5. The van der Waals surface area contributed by atoms with Gasteiger partial charge >= 0.3 is 11.9 Å². The van der Waals surface area contributed by atoms with E-state index < -0.39 is 11.9 Å². The lowest BCUT2D eigenvalue weighted by Crippen LogP contribution is -2.08. The first-order valence-electron chi connectivity index (χ1n) is 11.5. The molecule has 3 aromatic rings. The molecule has 0 radical (unpaired) electrons. The predicted octanol–water partition coefficient (Wildman–Crippen LogP) is 5.86. The van der Waals surface area contributed by atoms with Gasteiger partial charge in [0, 0.05) is 12.3 Å². The van der Waals surface area contributed by atoms with Crippen molar-refractivity contribution >= 4 is 23.8 Å². The number of methoxy groups -OCH3 is 1. The third kappa shape index (κ3) is 8.13. The van der Waals surface area contributed by atoms with Crippen molar-refractivity contribution in [3.05, 3.63) is 96.1 Å². The molecule has 0 N–H and O–H groups in total. The average Bonchev–Trinajstić information content (AvgIpc) is 2.90. The van der Waals surface area contributed by atoms with Crippen molar-refractivity contribution in [2.24, 2.45) is 4.99 Å². The molecule has 0 saturated carbocycles. The Kier molecular flexibility index (Phi) is 9.82. The molecule has 0 atom stereocenters. The number of aliphatic imine (C=N–C) groups is 1. The van der Waals surface area contributed by atoms with Crippen LogP contribution >= 0.6 is 0 Å². The molecule has 0 aliphatic heterocycles. The first kappa shape index (κ1) is 26.2. The van der Waals surface area contributed by atoms with Gasteiger partial charge in [-0.15, -0.1) is 0 Å². The van der Waals surface area contributed by atoms with Crippen molar-refractivity contribution in [2.45, 2.75) is 19.8 Å². The number of carbonyl (C=O) groups is 2. The van der Waals surface area contributed by atoms with Crippen LogP contribution in [-0.4, -0.2) is 38.5 Å². The largest absolute Gasteiger partial charge is 0.496 e. The molecule has 0 aromatic heterocycles. The van der Waals surface area contributed by atoms with Gasteiger partial charge in [-0.1, -0.05) is 6.58 Å². The van der Waals surface area contributed by atoms with E-state index in [2.05, 4.69) is 11.6 Å². The van der Waals surface area contributed by atoms with Crippen molar-refractivity contribution in [3.8, 4) is 17.2 Å². The Hall–Kier alpha value is -4.39. The molecule has 7 nitrogen and oxygen atoms in total. The molecular weight excluding hydrogens is 458 g/mol. The number of esters is 2. The van der Waals surface area contributed by atoms with Crippen LogP contribution in [0.3, 0.4) is 0 Å². The van der Waals surface area contributed by atoms with Crippen LogP contribution in [0, 0.1) is 6.92 Å². The number of nitrogens with zero attached hydrogens (tertiary/aromatic N) is 1. The van der Waals surface area contributed by atoms with Gasteiger partial charge < -0.3 is 18.9 Å². The van der Waals surface area contributed by atoms with Crippen molar-refractivity contribution in [1.29, 1.82) is 0 Å². The molecule has 0 saturated heterocycles. The molecule has 0 bridgehead atoms. The summed E-state index contributed by atoms with van der Waals surface area (Å²) < 4.78 is 21.3. The number of hydrogen-bond donors (Lipinski definition) is 0. The summed E-state index contributed by atoms with van der Waals surface area (Å²) in [4.78, 5) is 27.9. The van der Waals surface area contributed by atoms with Gasteiger partial charge in [0.1, 0.15) is 17.2 Å². The number of hydrogen-bond acceptors (Lipinski definition) is 7. The summed E-state index contributed by atoms with van der Waals surface area (Å²) in [5.74, 6) is 1.02. The summed E-state index contributed by atoms with van der Waals surface area (Å²) in [5, 5.41) is 0. The van der Waals surface area contributed by atoms with E-state index >= 15 is 0 Å². The quantitative estimate of drug-likeness (QED) is 0.105. The molecule has 0 spiro atoms. The van der Waals surface area contributed by atoms with Crippen molar-refractivity contribution < 1.29 is 28.5 Å². The highest BCUT2D eigenvalue weighted by atomic mass is 16.5. The number of ether oxygens (including phenoxy) is 4. The van der Waals surface area contributed by atoms with Gasteiger partial charge in [-0.3, -0.25) is 4.99 Å². The van der Waals surface area contributed by atoms with Crippen LogP contribution < -0.4 is 14.2 Å². The molecule has 0 amide bonds. The van der Waals surface area contributed by atoms with Crippen LogP contribution in [0.25, 0.3) is 0 Å². The smallest absolute Gasteiger partial charge is 0.343 e. The fourth-order valence-electron chi connectivity index (χ4n) is 3.19. The van der Waals surface area contributed by atoms with Crippen LogP contribution in [0.1, 0.15) is 34.3 Å². The normalized spacial score (nSPS) is 10.6. The Labute approximate surface area is 211 Å². The van der Waals surface area contributed by atoms with Crippen molar-refractivity contribution in [3.63, 3.8) is 0 Å². The lowest BCUT2D eigenvalue weighted by Gasteiger charge is -2.08. The van der Waals surface area contributed by atoms with E-state index in [0.717, 1.165) is 35.1 Å². The molecule has 0 unspecified atom stereocenters. The fourth-order valence-corrected chi connectivity index (χ4v) is 3.19. The number of unbranched alkanes of at least 4 members (excludes halogenated alkanes) is 1. The van der Waals surface area contributed by atoms with Crippen molar-refractivity contribution in [2.75, 3.05) is 20.3 Å². The zero-order valence-corrected chi connectivity index (χ0v) is 20.4. The molecule has 3 aromatic carbocycles. The lowest BCUT2D eigenvalue weighted by molar-refractivity contribution is -0.137. The molecule has 36 heavy (non-hydrogen) atoms. The van der Waals surface area contributed by atoms with Gasteiger partial charge in [-0.2, -0.15) is 0 Å². The molecule has 0 aliphatic carbocycles. The minimum atomic E-state index is -0.458. The van der Waals surface area contributed by atoms with Crippen LogP contribution in [0.15, 0.2) is 84.4 Å². The minimum absolute atomic E-state index is 0.329. The molecular formula is C29H29NO6. The molecule has 186 valence electrons. The first-order chi connectivity index (χ1) is 17.5. The van der Waals surface area contributed by atoms with Gasteiger partial charge in [0.15, 0.2) is 0 Å². The minimum Gasteiger partial charge on any atom is -0.496 e. The Morgan fingerprint density at radius 1 is 0.917 bits per heavy atom. The highest BCUT2D eigenvalue weighted by molar-refractivity contribution is 5.91. The standard InChI is InChI=1S/C29H29NO6/c1-4-28(31)35-18-6-5-17-34-25-14-9-23(10-15-25)29(32)36-26-12-7-22(8-13-26)20-30-24-11-16-27(33-3)21(2)19-24/h4,7-16,19-20H,1,5-6,17-18H2,2-3H3. The summed E-state index contributed by atoms with van der Waals surface area (Å²) in [6.45, 7) is 6.12. The molecule has 0 aliphatic rings. The van der Waals surface area contributed by atoms with E-state index in [1.54, 1.807) is 49.7 Å². The third-order valence-electron chi connectivity index (χ3n) is 5.14. The zero-order valence-electron chi connectivity index (χ0n) is 20.4. The summed E-state index contributed by atoms with van der Waals surface area (Å²) >= 11 is 0. The predicted molar refractivity (Wildman–Crippen MR) is 139 cm³/mol. The fraction of sp³-hybridized carbons (Fsp3) is 0.207. The number of aryl methyl sites for hydroxylation is 1. The van der Waals surface area contributed by atoms with Gasteiger partial charge in [0.05, 0.1) is 31.6 Å². The maximum absolute atomic E-state index is 12.5. The van der Waals surface area contributed by atoms with E-state index in [1.807, 2.05) is 37.3 Å². The summed E-state index contributed by atoms with van der Waals surface area (Å²) in [5.41, 5.74) is 3.13. The summed E-state index contributed by atoms with van der Waals surface area (Å²) in [6.07, 6.45) is 4.31. The maximum atomic E-state index is 12.5. The van der Waals surface area contributed by atoms with Gasteiger partial charge in [0.25, 0.3) is 0 Å². The van der Waals surface area contributed by atoms with Crippen LogP contribution in [0.4, 0.5) is 5.69 Å². The number of carbonyl (C=O) groups excluding carboxylic acids is 2. The van der Waals surface area contributed by atoms with E-state index in [0.29, 0.717) is 36.7 Å². The highest BCUT2D eigenvalue weighted by Gasteiger charge is 2.09. The van der Waals surface area contributed by atoms with Crippen molar-refractivity contribution in [1.82, 2.24) is 0 Å². The van der Waals surface area contributed by atoms with Crippen LogP contribution in [-0.2, 0) is 9.53 Å². The molecule has 0 fully saturated rings. The molecule has 0 heterocycles. The van der Waals surface area contributed by atoms with E-state index in [1.165, 1.54) is 0 Å². The number of benzene rings is 3. The second-order valence-corrected chi connectivity index (χ2v) is 7.82. The number of rotatable bonds is 12. The van der Waals surface area contributed by atoms with Gasteiger partial charge in [-0.05, 0) is 97.6 Å². The van der Waals surface area contributed by atoms with E-state index in [9.17, 15) is 9.59 Å².